The second kappa shape index (κ2) is 9.81. The molecule has 0 fully saturated rings. The summed E-state index contributed by atoms with van der Waals surface area (Å²) in [5, 5.41) is 9.74. The van der Waals surface area contributed by atoms with Crippen LogP contribution in [0.3, 0.4) is 0 Å². The van der Waals surface area contributed by atoms with E-state index in [1.54, 1.807) is 53.4 Å². The van der Waals surface area contributed by atoms with Crippen LogP contribution in [0.1, 0.15) is 28.8 Å². The van der Waals surface area contributed by atoms with E-state index in [-0.39, 0.29) is 12.5 Å². The van der Waals surface area contributed by atoms with Gasteiger partial charge in [0.2, 0.25) is 0 Å². The van der Waals surface area contributed by atoms with Crippen molar-refractivity contribution in [2.45, 2.75) is 19.4 Å². The molecule has 132 valence electrons. The lowest BCUT2D eigenvalue weighted by molar-refractivity contribution is -0.128. The monoisotopic (exact) mass is 361 g/mol. The molecule has 0 atom stereocenters. The van der Waals surface area contributed by atoms with Gasteiger partial charge in [0.05, 0.1) is 13.2 Å². The first-order chi connectivity index (χ1) is 12.2. The third kappa shape index (κ3) is 5.59. The van der Waals surface area contributed by atoms with Crippen molar-refractivity contribution in [3.63, 3.8) is 0 Å². The molecule has 0 aromatic heterocycles. The van der Waals surface area contributed by atoms with Gasteiger partial charge in [-0.1, -0.05) is 23.7 Å². The molecule has 0 saturated carbocycles. The zero-order valence-corrected chi connectivity index (χ0v) is 14.5. The third-order valence-corrected chi connectivity index (χ3v) is 3.98. The number of carbonyl (C=O) groups is 2. The van der Waals surface area contributed by atoms with Crippen LogP contribution in [-0.2, 0) is 16.1 Å². The van der Waals surface area contributed by atoms with Crippen molar-refractivity contribution in [2.24, 2.45) is 0 Å². The largest absolute Gasteiger partial charge is 0.468 e. The number of halogens is 1. The van der Waals surface area contributed by atoms with Gasteiger partial charge in [-0.15, -0.1) is 0 Å². The summed E-state index contributed by atoms with van der Waals surface area (Å²) in [5.41, 5.74) is 2.07. The Hall–Kier alpha value is -2.37. The fourth-order valence-corrected chi connectivity index (χ4v) is 2.51. The maximum atomic E-state index is 12.9. The molecule has 0 aliphatic rings. The van der Waals surface area contributed by atoms with Gasteiger partial charge >= 0.3 is 0 Å². The van der Waals surface area contributed by atoms with E-state index in [0.29, 0.717) is 43.1 Å². The number of hydrogen-bond donors (Lipinski definition) is 1. The van der Waals surface area contributed by atoms with Crippen LogP contribution in [0.15, 0.2) is 48.5 Å². The van der Waals surface area contributed by atoms with E-state index in [1.807, 2.05) is 0 Å². The zero-order chi connectivity index (χ0) is 18.1. The van der Waals surface area contributed by atoms with Crippen molar-refractivity contribution in [3.05, 3.63) is 64.7 Å². The van der Waals surface area contributed by atoms with Gasteiger partial charge in [0.1, 0.15) is 0 Å². The third-order valence-electron chi connectivity index (χ3n) is 3.73. The summed E-state index contributed by atoms with van der Waals surface area (Å²) >= 11 is 5.89. The average molecular weight is 362 g/mol. The van der Waals surface area contributed by atoms with E-state index in [0.717, 1.165) is 11.3 Å². The lowest BCUT2D eigenvalue weighted by Crippen LogP contribution is -2.32. The van der Waals surface area contributed by atoms with Crippen molar-refractivity contribution >= 4 is 29.7 Å². The highest BCUT2D eigenvalue weighted by Gasteiger charge is 2.17. The number of anilines is 1. The molecule has 0 aliphatic carbocycles. The molecule has 6 heteroatoms. The van der Waals surface area contributed by atoms with E-state index in [2.05, 4.69) is 4.74 Å². The van der Waals surface area contributed by atoms with Crippen LogP contribution in [0.2, 0.25) is 5.02 Å². The second-order valence-electron chi connectivity index (χ2n) is 5.46. The smallest absolute Gasteiger partial charge is 0.293 e. The van der Waals surface area contributed by atoms with Crippen LogP contribution in [0.4, 0.5) is 5.69 Å². The molecule has 0 unspecified atom stereocenters. The maximum Gasteiger partial charge on any atom is 0.293 e. The van der Waals surface area contributed by atoms with Crippen molar-refractivity contribution in [3.8, 4) is 0 Å². The van der Waals surface area contributed by atoms with E-state index in [4.69, 9.17) is 16.7 Å². The molecule has 2 rings (SSSR count). The Morgan fingerprint density at radius 1 is 1.08 bits per heavy atom. The van der Waals surface area contributed by atoms with Crippen molar-refractivity contribution in [1.82, 2.24) is 0 Å². The van der Waals surface area contributed by atoms with Crippen LogP contribution in [0.25, 0.3) is 0 Å². The van der Waals surface area contributed by atoms with Crippen LogP contribution in [-0.4, -0.2) is 30.6 Å². The summed E-state index contributed by atoms with van der Waals surface area (Å²) in [5.74, 6) is -0.135. The number of unbranched alkanes of at least 4 members (excludes halogenated alkanes) is 1. The minimum Gasteiger partial charge on any atom is -0.468 e. The first-order valence-corrected chi connectivity index (χ1v) is 8.36. The van der Waals surface area contributed by atoms with Crippen LogP contribution in [0, 0.1) is 0 Å². The molecule has 0 saturated heterocycles. The Balaban J connectivity index is 2.16. The highest BCUT2D eigenvalue weighted by atomic mass is 35.5. The molecular weight excluding hydrogens is 342 g/mol. The molecule has 25 heavy (non-hydrogen) atoms. The number of benzene rings is 2. The quantitative estimate of drug-likeness (QED) is 0.549. The standard InChI is InChI=1S/C19H20ClNO4/c20-17-7-5-16(6-8-17)19(24)21(11-1-2-12-25-14-23)18-9-3-15(13-22)4-10-18/h3-10,14,22H,1-2,11-13H2. The van der Waals surface area contributed by atoms with Gasteiger partial charge in [-0.25, -0.2) is 0 Å². The van der Waals surface area contributed by atoms with Crippen LogP contribution >= 0.6 is 11.6 Å². The molecule has 0 radical (unpaired) electrons. The second-order valence-corrected chi connectivity index (χ2v) is 5.90. The van der Waals surface area contributed by atoms with Gasteiger partial charge in [0.25, 0.3) is 12.4 Å². The normalized spacial score (nSPS) is 10.3. The fraction of sp³-hybridized carbons (Fsp3) is 0.263. The molecule has 2 aromatic carbocycles. The lowest BCUT2D eigenvalue weighted by atomic mass is 10.1. The van der Waals surface area contributed by atoms with E-state index >= 15 is 0 Å². The molecule has 0 aliphatic heterocycles. The number of hydrogen-bond acceptors (Lipinski definition) is 4. The fourth-order valence-electron chi connectivity index (χ4n) is 2.38. The van der Waals surface area contributed by atoms with Gasteiger partial charge in [-0.2, -0.15) is 0 Å². The summed E-state index contributed by atoms with van der Waals surface area (Å²) < 4.78 is 4.68. The van der Waals surface area contributed by atoms with Crippen LogP contribution < -0.4 is 4.90 Å². The molecule has 0 heterocycles. The Morgan fingerprint density at radius 3 is 2.36 bits per heavy atom. The summed E-state index contributed by atoms with van der Waals surface area (Å²) in [6.07, 6.45) is 1.35. The van der Waals surface area contributed by atoms with Gasteiger partial charge in [0, 0.05) is 22.8 Å². The minimum atomic E-state index is -0.135. The summed E-state index contributed by atoms with van der Waals surface area (Å²) in [6.45, 7) is 1.19. The molecule has 1 amide bonds. The number of aliphatic hydroxyl groups is 1. The van der Waals surface area contributed by atoms with Crippen molar-refractivity contribution in [1.29, 1.82) is 0 Å². The molecule has 0 spiro atoms. The highest BCUT2D eigenvalue weighted by molar-refractivity contribution is 6.30. The number of carbonyl (C=O) groups excluding carboxylic acids is 2. The number of nitrogens with zero attached hydrogens (tertiary/aromatic N) is 1. The predicted octanol–water partition coefficient (Wildman–Crippen LogP) is 3.43. The van der Waals surface area contributed by atoms with Gasteiger partial charge in [0.15, 0.2) is 0 Å². The predicted molar refractivity (Wildman–Crippen MR) is 96.7 cm³/mol. The Kier molecular flexibility index (Phi) is 7.44. The zero-order valence-electron chi connectivity index (χ0n) is 13.7. The Bertz CT molecular complexity index is 686. The SMILES string of the molecule is O=COCCCCN(C(=O)c1ccc(Cl)cc1)c1ccc(CO)cc1. The lowest BCUT2D eigenvalue weighted by Gasteiger charge is -2.23. The van der Waals surface area contributed by atoms with Crippen molar-refractivity contribution in [2.75, 3.05) is 18.1 Å². The summed E-state index contributed by atoms with van der Waals surface area (Å²) in [6, 6.07) is 13.9. The van der Waals surface area contributed by atoms with Gasteiger partial charge < -0.3 is 14.7 Å². The van der Waals surface area contributed by atoms with E-state index < -0.39 is 0 Å². The Morgan fingerprint density at radius 2 is 1.76 bits per heavy atom. The first kappa shape index (κ1) is 19.0. The van der Waals surface area contributed by atoms with Gasteiger partial charge in [-0.05, 0) is 54.8 Å². The molecule has 5 nitrogen and oxygen atoms in total. The van der Waals surface area contributed by atoms with E-state index in [9.17, 15) is 9.59 Å². The molecular formula is C19H20ClNO4. The number of aliphatic hydroxyl groups excluding tert-OH is 1. The first-order valence-electron chi connectivity index (χ1n) is 7.98. The Labute approximate surface area is 151 Å². The number of amides is 1. The summed E-state index contributed by atoms with van der Waals surface area (Å²) in [7, 11) is 0. The van der Waals surface area contributed by atoms with Crippen LogP contribution in [0.5, 0.6) is 0 Å². The molecule has 2 aromatic rings. The topological polar surface area (TPSA) is 66.8 Å². The summed E-state index contributed by atoms with van der Waals surface area (Å²) in [4.78, 5) is 24.7. The maximum absolute atomic E-state index is 12.9. The minimum absolute atomic E-state index is 0.0472. The molecule has 1 N–H and O–H groups in total. The average Bonchev–Trinajstić information content (AvgIpc) is 2.65. The number of ether oxygens (including phenoxy) is 1. The molecule has 0 bridgehead atoms. The highest BCUT2D eigenvalue weighted by Crippen LogP contribution is 2.20. The van der Waals surface area contributed by atoms with E-state index in [1.165, 1.54) is 0 Å². The van der Waals surface area contributed by atoms with Gasteiger partial charge in [-0.3, -0.25) is 9.59 Å². The van der Waals surface area contributed by atoms with Crippen molar-refractivity contribution < 1.29 is 19.4 Å². The number of rotatable bonds is 9.